The first-order valence-corrected chi connectivity index (χ1v) is 9.81. The largest absolute Gasteiger partial charge is 0.489 e. The second-order valence-corrected chi connectivity index (χ2v) is 7.09. The molecular formula is C22H24N4O5. The zero-order chi connectivity index (χ0) is 22.5. The van der Waals surface area contributed by atoms with Crippen LogP contribution in [-0.4, -0.2) is 53.3 Å². The number of carboxylic acid groups (broad SMARTS) is 1. The number of nitrogen functional groups attached to an aromatic ring is 1. The van der Waals surface area contributed by atoms with Gasteiger partial charge in [-0.15, -0.1) is 0 Å². The van der Waals surface area contributed by atoms with E-state index < -0.39 is 11.9 Å². The zero-order valence-corrected chi connectivity index (χ0v) is 17.1. The SMILES string of the molecule is CCN1C(=O)CN(CCC(=O)O)C(=O)c2cc(OCc3cccc(C(=N)N)c3)ccc21. The van der Waals surface area contributed by atoms with Crippen LogP contribution in [0.25, 0.3) is 0 Å². The van der Waals surface area contributed by atoms with Crippen molar-refractivity contribution in [1.29, 1.82) is 5.41 Å². The number of amidine groups is 1. The molecule has 9 heteroatoms. The van der Waals surface area contributed by atoms with Gasteiger partial charge in [0.15, 0.2) is 0 Å². The molecule has 0 fully saturated rings. The van der Waals surface area contributed by atoms with E-state index >= 15 is 0 Å². The number of nitrogens with zero attached hydrogens (tertiary/aromatic N) is 2. The van der Waals surface area contributed by atoms with E-state index in [2.05, 4.69) is 0 Å². The molecule has 0 aromatic heterocycles. The number of carbonyl (C=O) groups is 3. The average Bonchev–Trinajstić information content (AvgIpc) is 2.85. The van der Waals surface area contributed by atoms with Crippen LogP contribution in [0.1, 0.15) is 34.8 Å². The van der Waals surface area contributed by atoms with Crippen LogP contribution in [0.3, 0.4) is 0 Å². The molecule has 31 heavy (non-hydrogen) atoms. The monoisotopic (exact) mass is 424 g/mol. The third-order valence-electron chi connectivity index (χ3n) is 4.96. The standard InChI is InChI=1S/C22H24N4O5/c1-2-26-18-7-6-16(31-13-14-4-3-5-15(10-14)21(23)24)11-17(18)22(30)25(12-19(26)27)9-8-20(28)29/h3-7,10-11H,2,8-9,12-13H2,1H3,(H3,23,24)(H,28,29). The molecule has 0 unspecified atom stereocenters. The fourth-order valence-electron chi connectivity index (χ4n) is 3.39. The molecule has 0 spiro atoms. The van der Waals surface area contributed by atoms with Crippen molar-refractivity contribution in [3.8, 4) is 5.75 Å². The highest BCUT2D eigenvalue weighted by Gasteiger charge is 2.31. The Morgan fingerprint density at radius 1 is 1.23 bits per heavy atom. The summed E-state index contributed by atoms with van der Waals surface area (Å²) < 4.78 is 5.83. The van der Waals surface area contributed by atoms with Gasteiger partial charge in [0.1, 0.15) is 24.7 Å². The first kappa shape index (κ1) is 21.8. The number of hydrogen-bond acceptors (Lipinski definition) is 5. The minimum absolute atomic E-state index is 0.0387. The molecule has 0 bridgehead atoms. The van der Waals surface area contributed by atoms with E-state index in [1.54, 1.807) is 36.4 Å². The van der Waals surface area contributed by atoms with Crippen LogP contribution < -0.4 is 15.4 Å². The van der Waals surface area contributed by atoms with E-state index in [-0.39, 0.29) is 43.4 Å². The Bertz CT molecular complexity index is 1040. The van der Waals surface area contributed by atoms with Gasteiger partial charge < -0.3 is 25.4 Å². The number of amides is 2. The maximum absolute atomic E-state index is 13.1. The van der Waals surface area contributed by atoms with Gasteiger partial charge in [0.2, 0.25) is 5.91 Å². The normalized spacial score (nSPS) is 13.6. The first-order chi connectivity index (χ1) is 14.8. The molecule has 0 atom stereocenters. The van der Waals surface area contributed by atoms with Crippen molar-refractivity contribution in [2.24, 2.45) is 5.73 Å². The van der Waals surface area contributed by atoms with Crippen LogP contribution in [0.15, 0.2) is 42.5 Å². The molecule has 3 rings (SSSR count). The van der Waals surface area contributed by atoms with Gasteiger partial charge in [0, 0.05) is 18.7 Å². The Morgan fingerprint density at radius 2 is 2.00 bits per heavy atom. The Balaban J connectivity index is 1.86. The molecule has 2 amide bonds. The number of nitrogens with two attached hydrogens (primary N) is 1. The smallest absolute Gasteiger partial charge is 0.305 e. The summed E-state index contributed by atoms with van der Waals surface area (Å²) in [5.41, 5.74) is 7.68. The van der Waals surface area contributed by atoms with Crippen LogP contribution in [0.4, 0.5) is 5.69 Å². The molecule has 1 aliphatic heterocycles. The Labute approximate surface area is 179 Å². The molecular weight excluding hydrogens is 400 g/mol. The summed E-state index contributed by atoms with van der Waals surface area (Å²) in [6.07, 6.45) is -0.247. The van der Waals surface area contributed by atoms with E-state index in [4.69, 9.17) is 21.0 Å². The molecule has 0 aliphatic carbocycles. The van der Waals surface area contributed by atoms with Crippen LogP contribution in [-0.2, 0) is 16.2 Å². The first-order valence-electron chi connectivity index (χ1n) is 9.81. The fraction of sp³-hybridized carbons (Fsp3) is 0.273. The molecule has 1 heterocycles. The minimum atomic E-state index is -1.04. The molecule has 1 aliphatic rings. The number of benzene rings is 2. The number of anilines is 1. The number of ether oxygens (including phenoxy) is 1. The van der Waals surface area contributed by atoms with Crippen molar-refractivity contribution in [1.82, 2.24) is 4.90 Å². The predicted molar refractivity (Wildman–Crippen MR) is 114 cm³/mol. The topological polar surface area (TPSA) is 137 Å². The van der Waals surface area contributed by atoms with E-state index in [9.17, 15) is 14.4 Å². The predicted octanol–water partition coefficient (Wildman–Crippen LogP) is 1.83. The molecule has 0 saturated carbocycles. The number of carbonyl (C=O) groups excluding carboxylic acids is 2. The van der Waals surface area contributed by atoms with E-state index in [1.807, 2.05) is 13.0 Å². The van der Waals surface area contributed by atoms with Gasteiger partial charge in [-0.1, -0.05) is 18.2 Å². The minimum Gasteiger partial charge on any atom is -0.489 e. The van der Waals surface area contributed by atoms with Gasteiger partial charge in [0.05, 0.1) is 17.7 Å². The summed E-state index contributed by atoms with van der Waals surface area (Å²) in [5, 5.41) is 16.5. The van der Waals surface area contributed by atoms with Gasteiger partial charge in [-0.3, -0.25) is 19.8 Å². The lowest BCUT2D eigenvalue weighted by Gasteiger charge is -2.21. The van der Waals surface area contributed by atoms with Crippen LogP contribution in [0.5, 0.6) is 5.75 Å². The number of fused-ring (bicyclic) bond motifs is 1. The molecule has 4 N–H and O–H groups in total. The maximum Gasteiger partial charge on any atom is 0.305 e. The number of rotatable bonds is 8. The number of nitrogens with one attached hydrogen (secondary N) is 1. The summed E-state index contributed by atoms with van der Waals surface area (Å²) in [6, 6.07) is 12.0. The van der Waals surface area contributed by atoms with Crippen LogP contribution >= 0.6 is 0 Å². The highest BCUT2D eigenvalue weighted by atomic mass is 16.5. The number of likely N-dealkylation sites (N-methyl/N-ethyl adjacent to an activating group) is 1. The Kier molecular flexibility index (Phi) is 6.54. The van der Waals surface area contributed by atoms with Crippen molar-refractivity contribution < 1.29 is 24.2 Å². The van der Waals surface area contributed by atoms with E-state index in [0.29, 0.717) is 23.5 Å². The summed E-state index contributed by atoms with van der Waals surface area (Å²) in [5.74, 6) is -1.33. The lowest BCUT2D eigenvalue weighted by Crippen LogP contribution is -2.40. The Hall–Kier alpha value is -3.88. The molecule has 0 radical (unpaired) electrons. The van der Waals surface area contributed by atoms with Gasteiger partial charge in [-0.25, -0.2) is 0 Å². The number of carboxylic acids is 1. The molecule has 9 nitrogen and oxygen atoms in total. The number of aliphatic carboxylic acids is 1. The van der Waals surface area contributed by atoms with Gasteiger partial charge in [-0.2, -0.15) is 0 Å². The van der Waals surface area contributed by atoms with E-state index in [1.165, 1.54) is 9.80 Å². The summed E-state index contributed by atoms with van der Waals surface area (Å²) in [6.45, 7) is 2.16. The quantitative estimate of drug-likeness (QED) is 0.437. The third-order valence-corrected chi connectivity index (χ3v) is 4.96. The second kappa shape index (κ2) is 9.29. The summed E-state index contributed by atoms with van der Waals surface area (Å²) in [7, 11) is 0. The van der Waals surface area contributed by atoms with Gasteiger partial charge in [0.25, 0.3) is 5.91 Å². The van der Waals surface area contributed by atoms with Gasteiger partial charge >= 0.3 is 5.97 Å². The van der Waals surface area contributed by atoms with Crippen molar-refractivity contribution in [2.45, 2.75) is 20.0 Å². The van der Waals surface area contributed by atoms with E-state index in [0.717, 1.165) is 5.56 Å². The van der Waals surface area contributed by atoms with Gasteiger partial charge in [-0.05, 0) is 36.8 Å². The highest BCUT2D eigenvalue weighted by molar-refractivity contribution is 6.09. The number of hydrogen-bond donors (Lipinski definition) is 3. The molecule has 2 aromatic rings. The molecule has 162 valence electrons. The van der Waals surface area contributed by atoms with Crippen molar-refractivity contribution in [3.05, 3.63) is 59.2 Å². The summed E-state index contributed by atoms with van der Waals surface area (Å²) in [4.78, 5) is 39.4. The van der Waals surface area contributed by atoms with Crippen molar-refractivity contribution in [2.75, 3.05) is 24.5 Å². The van der Waals surface area contributed by atoms with Crippen LogP contribution in [0.2, 0.25) is 0 Å². The molecule has 0 saturated heterocycles. The second-order valence-electron chi connectivity index (χ2n) is 7.09. The highest BCUT2D eigenvalue weighted by Crippen LogP contribution is 2.30. The lowest BCUT2D eigenvalue weighted by atomic mass is 10.1. The average molecular weight is 424 g/mol. The molecule has 2 aromatic carbocycles. The van der Waals surface area contributed by atoms with Crippen LogP contribution in [0, 0.1) is 5.41 Å². The Morgan fingerprint density at radius 3 is 2.68 bits per heavy atom. The maximum atomic E-state index is 13.1. The lowest BCUT2D eigenvalue weighted by molar-refractivity contribution is -0.137. The fourth-order valence-corrected chi connectivity index (χ4v) is 3.39. The third kappa shape index (κ3) is 5.00. The summed E-state index contributed by atoms with van der Waals surface area (Å²) >= 11 is 0. The van der Waals surface area contributed by atoms with Crippen molar-refractivity contribution in [3.63, 3.8) is 0 Å². The van der Waals surface area contributed by atoms with Crippen molar-refractivity contribution >= 4 is 29.3 Å². The zero-order valence-electron chi connectivity index (χ0n) is 17.1.